The van der Waals surface area contributed by atoms with E-state index in [1.165, 1.54) is 334 Å². The lowest BCUT2D eigenvalue weighted by Crippen LogP contribution is -2.23. The van der Waals surface area contributed by atoms with Crippen LogP contribution in [0.5, 0.6) is 0 Å². The molecule has 0 saturated heterocycles. The summed E-state index contributed by atoms with van der Waals surface area (Å²) in [5.74, 6) is 29.2. The summed E-state index contributed by atoms with van der Waals surface area (Å²) in [5.41, 5.74) is 0. The molecular formula is C106H174O2. The van der Waals surface area contributed by atoms with Crippen LogP contribution in [-0.2, 0) is 0 Å². The Morgan fingerprint density at radius 3 is 0.657 bits per heavy atom. The normalized spacial score (nSPS) is 40.1. The SMILES string of the molecule is C1=CC2CC1CC2CCCCCCCCCC1CC2C=CC1C2.CC1CCC(C2CC3C=CC2C3)CC1.CCC1CC2C=CC1C2.CCCC1CC2C=CC1C2.CCCCC1CC2C=CC1C2.CCCCCC1CC2C=CC1C2.CCCCCCC1CC2C=CC1C2.CCCCCCCC1CC2C=CC1C2.OO. The summed E-state index contributed by atoms with van der Waals surface area (Å²) in [5, 5.41) is 12.0. The summed E-state index contributed by atoms with van der Waals surface area (Å²) in [6.07, 6.45) is 121. The molecule has 610 valence electrons. The molecule has 10 fully saturated rings. The summed E-state index contributed by atoms with van der Waals surface area (Å²) in [6.45, 7) is 16.2. The van der Waals surface area contributed by atoms with Gasteiger partial charge in [-0.25, -0.2) is 0 Å². The van der Waals surface area contributed by atoms with E-state index in [2.05, 4.69) is 158 Å². The summed E-state index contributed by atoms with van der Waals surface area (Å²) < 4.78 is 0. The van der Waals surface area contributed by atoms with E-state index in [1.54, 1.807) is 0 Å². The third-order valence-electron chi connectivity index (χ3n) is 33.4. The van der Waals surface area contributed by atoms with Gasteiger partial charge < -0.3 is 0 Å². The van der Waals surface area contributed by atoms with Gasteiger partial charge in [0.2, 0.25) is 0 Å². The van der Waals surface area contributed by atoms with Gasteiger partial charge in [0.15, 0.2) is 0 Å². The van der Waals surface area contributed by atoms with Gasteiger partial charge in [-0.15, -0.1) is 0 Å². The fourth-order valence-corrected chi connectivity index (χ4v) is 27.1. The van der Waals surface area contributed by atoms with Gasteiger partial charge in [0, 0.05) is 0 Å². The molecule has 19 aliphatic rings. The van der Waals surface area contributed by atoms with Gasteiger partial charge in [-0.1, -0.05) is 325 Å². The van der Waals surface area contributed by atoms with Crippen LogP contribution >= 0.6 is 0 Å². The molecule has 0 aliphatic heterocycles. The van der Waals surface area contributed by atoms with Crippen LogP contribution < -0.4 is 0 Å². The van der Waals surface area contributed by atoms with Gasteiger partial charge in [-0.2, -0.15) is 0 Å². The summed E-state index contributed by atoms with van der Waals surface area (Å²) >= 11 is 0. The Morgan fingerprint density at radius 1 is 0.204 bits per heavy atom. The highest BCUT2D eigenvalue weighted by Gasteiger charge is 2.43. The van der Waals surface area contributed by atoms with Crippen molar-refractivity contribution in [2.24, 2.45) is 172 Å². The number of hydrogen-bond donors (Lipinski definition) is 2. The van der Waals surface area contributed by atoms with Crippen LogP contribution in [0.1, 0.15) is 382 Å². The average molecular weight is 1480 g/mol. The Bertz CT molecular complexity index is 2700. The largest absolute Gasteiger partial charge is 0.255 e. The molecule has 18 bridgehead atoms. The lowest BCUT2D eigenvalue weighted by atomic mass is 9.72. The molecule has 2 N–H and O–H groups in total. The number of allylic oxidation sites excluding steroid dienone is 18. The fourth-order valence-electron chi connectivity index (χ4n) is 27.1. The van der Waals surface area contributed by atoms with E-state index in [9.17, 15) is 0 Å². The molecule has 0 heterocycles. The lowest BCUT2D eigenvalue weighted by Gasteiger charge is -2.33. The Kier molecular flexibility index (Phi) is 37.6. The molecule has 19 aliphatic carbocycles. The number of hydrogen-bond acceptors (Lipinski definition) is 2. The summed E-state index contributed by atoms with van der Waals surface area (Å²) in [4.78, 5) is 0. The molecular weight excluding hydrogens is 1310 g/mol. The second-order valence-electron chi connectivity index (χ2n) is 41.2. The van der Waals surface area contributed by atoms with Crippen LogP contribution in [0.4, 0.5) is 0 Å². The molecule has 0 radical (unpaired) electrons. The van der Waals surface area contributed by atoms with Crippen LogP contribution in [0, 0.1) is 172 Å². The topological polar surface area (TPSA) is 40.5 Å². The standard InChI is InChI=1S/C23H36.C14H22.C14H24.C13H22.C12H20.C11H18.C10H16.C9H14.H2O2/c1(2-4-6-8-20-14-18-10-12-22(20)16-18)3-5-7-9-21-15-19-11-13-23(21)17-19;1-10-2-5-12(6-3-10)14-9-11-4-7-13(14)8-11;1-2-3-4-5-6-7-13-10-12-8-9-14(13)11-12;1-2-3-4-5-6-12-9-11-7-8-13(12)10-11;1-2-3-4-5-11-8-10-6-7-12(11)9-10;1-2-3-4-10-7-9-5-6-11(10)8-9;1-2-3-9-6-8-4-5-10(9)7-8;1-2-8-5-7-3-4-9(8)6-7;1-2/h10-13,18-23H,1-9,14-17H2;4,7,10-14H,2-3,5-6,8-9H2,1H3;8-9,12-14H,2-7,10-11H2,1H3;7-8,11-13H,2-6,9-10H2,1H3;6-7,10-12H,2-5,8-9H2,1H3;5-6,9-11H,2-4,7-8H2,1H3;4-5,8-10H,2-3,6-7H2,1H3;3-4,7-9H,2,5-6H2,1H3;1-2H. The maximum Gasteiger partial charge on any atom is -0.0197 e. The predicted molar refractivity (Wildman–Crippen MR) is 469 cm³/mol. The van der Waals surface area contributed by atoms with Crippen molar-refractivity contribution in [1.29, 1.82) is 0 Å². The first kappa shape index (κ1) is 86.4. The fraction of sp³-hybridized carbons (Fsp3) is 0.830. The Hall–Kier alpha value is -2.42. The number of fused-ring (bicyclic) bond motifs is 18. The zero-order valence-corrected chi connectivity index (χ0v) is 71.8. The number of unbranched alkanes of at least 4 members (excludes halogenated alkanes) is 16. The van der Waals surface area contributed by atoms with E-state index in [1.807, 2.05) is 0 Å². The zero-order chi connectivity index (χ0) is 75.2. The molecule has 27 unspecified atom stereocenters. The third kappa shape index (κ3) is 26.3. The minimum Gasteiger partial charge on any atom is -0.255 e. The van der Waals surface area contributed by atoms with Gasteiger partial charge in [-0.05, 0) is 339 Å². The molecule has 2 heteroatoms. The van der Waals surface area contributed by atoms with Gasteiger partial charge in [0.05, 0.1) is 0 Å². The van der Waals surface area contributed by atoms with Crippen LogP contribution in [0.2, 0.25) is 0 Å². The van der Waals surface area contributed by atoms with Crippen LogP contribution in [0.25, 0.3) is 0 Å². The predicted octanol–water partition coefficient (Wildman–Crippen LogP) is 32.5. The first-order valence-corrected chi connectivity index (χ1v) is 49.4. The van der Waals surface area contributed by atoms with Crippen molar-refractivity contribution in [2.75, 3.05) is 0 Å². The van der Waals surface area contributed by atoms with Crippen molar-refractivity contribution >= 4 is 0 Å². The third-order valence-corrected chi connectivity index (χ3v) is 33.4. The van der Waals surface area contributed by atoms with Crippen LogP contribution in [0.15, 0.2) is 109 Å². The van der Waals surface area contributed by atoms with Crippen molar-refractivity contribution in [1.82, 2.24) is 0 Å². The van der Waals surface area contributed by atoms with E-state index < -0.39 is 0 Å². The van der Waals surface area contributed by atoms with Gasteiger partial charge in [0.1, 0.15) is 0 Å². The first-order valence-electron chi connectivity index (χ1n) is 49.4. The molecule has 0 aromatic carbocycles. The second kappa shape index (κ2) is 47.0. The molecule has 108 heavy (non-hydrogen) atoms. The zero-order valence-electron chi connectivity index (χ0n) is 71.8. The van der Waals surface area contributed by atoms with Crippen LogP contribution in [-0.4, -0.2) is 10.5 Å². The molecule has 27 atom stereocenters. The minimum absolute atomic E-state index is 0.968. The highest BCUT2D eigenvalue weighted by molar-refractivity contribution is 5.16. The maximum absolute atomic E-state index is 6.00. The molecule has 19 rings (SSSR count). The van der Waals surface area contributed by atoms with Gasteiger partial charge in [0.25, 0.3) is 0 Å². The summed E-state index contributed by atoms with van der Waals surface area (Å²) in [7, 11) is 0. The monoisotopic (exact) mass is 1480 g/mol. The lowest BCUT2D eigenvalue weighted by molar-refractivity contribution is -0.176. The van der Waals surface area contributed by atoms with Crippen LogP contribution in [0.3, 0.4) is 0 Å². The van der Waals surface area contributed by atoms with E-state index in [0.29, 0.717) is 0 Å². The van der Waals surface area contributed by atoms with E-state index in [0.717, 1.165) is 172 Å². The van der Waals surface area contributed by atoms with Crippen molar-refractivity contribution in [3.8, 4) is 0 Å². The van der Waals surface area contributed by atoms with Crippen molar-refractivity contribution in [2.45, 2.75) is 382 Å². The second-order valence-corrected chi connectivity index (χ2v) is 41.2. The first-order chi connectivity index (χ1) is 53.1. The molecule has 0 amide bonds. The Morgan fingerprint density at radius 2 is 0.426 bits per heavy atom. The quantitative estimate of drug-likeness (QED) is 0.0305. The highest BCUT2D eigenvalue weighted by Crippen LogP contribution is 2.54. The minimum atomic E-state index is 0.968. The summed E-state index contributed by atoms with van der Waals surface area (Å²) in [6, 6.07) is 0. The van der Waals surface area contributed by atoms with Crippen molar-refractivity contribution in [3.63, 3.8) is 0 Å². The average Bonchev–Trinajstić information content (AvgIpc) is 1.64. The highest BCUT2D eigenvalue weighted by atomic mass is 17.0. The molecule has 0 aromatic rings. The van der Waals surface area contributed by atoms with E-state index >= 15 is 0 Å². The smallest absolute Gasteiger partial charge is 0.0197 e. The maximum atomic E-state index is 6.00. The molecule has 2 nitrogen and oxygen atoms in total. The Labute approximate surface area is 669 Å². The molecule has 0 spiro atoms. The number of rotatable bonds is 32. The van der Waals surface area contributed by atoms with E-state index in [-0.39, 0.29) is 0 Å². The Balaban J connectivity index is 0.000000124. The van der Waals surface area contributed by atoms with E-state index in [4.69, 9.17) is 10.5 Å². The van der Waals surface area contributed by atoms with Crippen molar-refractivity contribution < 1.29 is 10.5 Å². The molecule has 10 saturated carbocycles. The van der Waals surface area contributed by atoms with Gasteiger partial charge >= 0.3 is 0 Å². The van der Waals surface area contributed by atoms with Crippen molar-refractivity contribution in [3.05, 3.63) is 109 Å². The van der Waals surface area contributed by atoms with Gasteiger partial charge in [-0.3, -0.25) is 10.5 Å². The molecule has 0 aromatic heterocycles.